The maximum Gasteiger partial charge on any atom is 0.244 e. The molecule has 2 rings (SSSR count). The Hall–Kier alpha value is -1.29. The Morgan fingerprint density at radius 1 is 1.38 bits per heavy atom. The molecule has 2 aromatic rings. The van der Waals surface area contributed by atoms with E-state index in [0.717, 1.165) is 23.0 Å². The van der Waals surface area contributed by atoms with Gasteiger partial charge in [0.2, 0.25) is 10.0 Å². The highest BCUT2D eigenvalue weighted by Gasteiger charge is 2.16. The molecule has 0 saturated carbocycles. The van der Waals surface area contributed by atoms with E-state index in [4.69, 9.17) is 0 Å². The first-order valence-corrected chi connectivity index (χ1v) is 8.95. The zero-order valence-corrected chi connectivity index (χ0v) is 13.7. The smallest absolute Gasteiger partial charge is 0.244 e. The van der Waals surface area contributed by atoms with Crippen LogP contribution in [0.3, 0.4) is 0 Å². The van der Waals surface area contributed by atoms with Crippen LogP contribution in [-0.2, 0) is 23.1 Å². The summed E-state index contributed by atoms with van der Waals surface area (Å²) < 4.78 is 28.5. The lowest BCUT2D eigenvalue weighted by Crippen LogP contribution is -2.23. The zero-order chi connectivity index (χ0) is 15.3. The van der Waals surface area contributed by atoms with E-state index in [0.29, 0.717) is 6.54 Å². The van der Waals surface area contributed by atoms with Crippen molar-refractivity contribution < 1.29 is 8.42 Å². The van der Waals surface area contributed by atoms with Gasteiger partial charge in [-0.05, 0) is 13.5 Å². The van der Waals surface area contributed by atoms with Crippen molar-refractivity contribution in [1.82, 2.24) is 24.8 Å². The van der Waals surface area contributed by atoms with E-state index in [-0.39, 0.29) is 11.4 Å². The number of aryl methyl sites for hydroxylation is 1. The summed E-state index contributed by atoms with van der Waals surface area (Å²) in [6.07, 6.45) is 4.63. The van der Waals surface area contributed by atoms with Crippen LogP contribution in [0.15, 0.2) is 23.5 Å². The number of hydrogen-bond donors (Lipinski definition) is 2. The van der Waals surface area contributed by atoms with E-state index in [1.807, 2.05) is 13.8 Å². The van der Waals surface area contributed by atoms with E-state index < -0.39 is 10.0 Å². The molecule has 2 N–H and O–H groups in total. The summed E-state index contributed by atoms with van der Waals surface area (Å²) in [5, 5.41) is 7.96. The molecule has 9 heteroatoms. The molecule has 0 aliphatic heterocycles. The number of thiazole rings is 1. The largest absolute Gasteiger partial charge is 0.315 e. The van der Waals surface area contributed by atoms with Crippen molar-refractivity contribution in [2.75, 3.05) is 13.1 Å². The Labute approximate surface area is 128 Å². The summed E-state index contributed by atoms with van der Waals surface area (Å²) in [5.41, 5.74) is 0. The second kappa shape index (κ2) is 7.12. The first kappa shape index (κ1) is 16.1. The molecule has 0 spiro atoms. The predicted molar refractivity (Wildman–Crippen MR) is 81.6 cm³/mol. The van der Waals surface area contributed by atoms with E-state index in [2.05, 4.69) is 20.1 Å². The van der Waals surface area contributed by atoms with Gasteiger partial charge in [-0.2, -0.15) is 5.10 Å². The maximum atomic E-state index is 12.2. The van der Waals surface area contributed by atoms with Crippen LogP contribution < -0.4 is 10.0 Å². The minimum atomic E-state index is -3.55. The van der Waals surface area contributed by atoms with E-state index in [1.165, 1.54) is 23.7 Å². The Balaban J connectivity index is 1.95. The maximum absolute atomic E-state index is 12.2. The van der Waals surface area contributed by atoms with Crippen LogP contribution >= 0.6 is 11.3 Å². The molecule has 7 nitrogen and oxygen atoms in total. The Bertz CT molecular complexity index is 677. The number of hydrogen-bond acceptors (Lipinski definition) is 6. The van der Waals surface area contributed by atoms with Crippen LogP contribution in [0.4, 0.5) is 0 Å². The van der Waals surface area contributed by atoms with Crippen LogP contribution in [0.1, 0.15) is 16.8 Å². The third kappa shape index (κ3) is 4.60. The molecule has 0 aromatic carbocycles. The van der Waals surface area contributed by atoms with Gasteiger partial charge >= 0.3 is 0 Å². The quantitative estimate of drug-likeness (QED) is 0.697. The average Bonchev–Trinajstić information content (AvgIpc) is 3.06. The van der Waals surface area contributed by atoms with Gasteiger partial charge in [0.15, 0.2) is 0 Å². The van der Waals surface area contributed by atoms with Crippen LogP contribution in [0.25, 0.3) is 0 Å². The van der Waals surface area contributed by atoms with Crippen molar-refractivity contribution in [2.24, 2.45) is 0 Å². The van der Waals surface area contributed by atoms with E-state index in [9.17, 15) is 8.42 Å². The number of aromatic nitrogens is 3. The van der Waals surface area contributed by atoms with Gasteiger partial charge in [-0.25, -0.2) is 18.1 Å². The van der Waals surface area contributed by atoms with Gasteiger partial charge in [-0.15, -0.1) is 11.3 Å². The van der Waals surface area contributed by atoms with Crippen molar-refractivity contribution in [1.29, 1.82) is 0 Å². The highest BCUT2D eigenvalue weighted by molar-refractivity contribution is 7.89. The van der Waals surface area contributed by atoms with Gasteiger partial charge in [0, 0.05) is 23.8 Å². The molecule has 0 aliphatic rings. The van der Waals surface area contributed by atoms with Gasteiger partial charge in [-0.1, -0.05) is 6.92 Å². The summed E-state index contributed by atoms with van der Waals surface area (Å²) in [6.45, 7) is 6.41. The van der Waals surface area contributed by atoms with Crippen LogP contribution in [0.2, 0.25) is 0 Å². The third-order valence-electron chi connectivity index (χ3n) is 2.77. The topological polar surface area (TPSA) is 88.9 Å². The van der Waals surface area contributed by atoms with Gasteiger partial charge < -0.3 is 5.32 Å². The summed E-state index contributed by atoms with van der Waals surface area (Å²) in [6, 6.07) is 0. The predicted octanol–water partition coefficient (Wildman–Crippen LogP) is 0.736. The molecule has 116 valence electrons. The molecule has 21 heavy (non-hydrogen) atoms. The Morgan fingerprint density at radius 2 is 2.19 bits per heavy atom. The van der Waals surface area contributed by atoms with E-state index >= 15 is 0 Å². The van der Waals surface area contributed by atoms with Crippen LogP contribution in [-0.4, -0.2) is 36.3 Å². The Morgan fingerprint density at radius 3 is 2.86 bits per heavy atom. The number of rotatable bonds is 8. The molecular formula is C12H19N5O2S2. The monoisotopic (exact) mass is 329 g/mol. The highest BCUT2D eigenvalue weighted by Crippen LogP contribution is 2.12. The lowest BCUT2D eigenvalue weighted by atomic mass is 10.6. The number of sulfonamides is 1. The normalized spacial score (nSPS) is 11.9. The Kier molecular flexibility index (Phi) is 5.45. The minimum absolute atomic E-state index is 0.173. The van der Waals surface area contributed by atoms with Gasteiger partial charge in [0.05, 0.1) is 19.3 Å². The molecule has 2 aromatic heterocycles. The van der Waals surface area contributed by atoms with Crippen LogP contribution in [0.5, 0.6) is 0 Å². The molecule has 0 saturated heterocycles. The molecule has 0 bridgehead atoms. The zero-order valence-electron chi connectivity index (χ0n) is 12.0. The standard InChI is InChI=1S/C12H19N5O2S2/c1-3-13-4-5-17-9-11(7-15-17)21(18,19)16-8-12-14-6-10(2)20-12/h6-7,9,13,16H,3-5,8H2,1-2H3. The van der Waals surface area contributed by atoms with Crippen molar-refractivity contribution in [2.45, 2.75) is 31.8 Å². The summed E-state index contributed by atoms with van der Waals surface area (Å²) in [5.74, 6) is 0. The minimum Gasteiger partial charge on any atom is -0.315 e. The van der Waals surface area contributed by atoms with Gasteiger partial charge in [0.1, 0.15) is 9.90 Å². The fourth-order valence-electron chi connectivity index (χ4n) is 1.70. The number of nitrogens with one attached hydrogen (secondary N) is 2. The first-order chi connectivity index (χ1) is 10.0. The molecule has 0 fully saturated rings. The molecule has 0 amide bonds. The van der Waals surface area contributed by atoms with Gasteiger partial charge in [0.25, 0.3) is 0 Å². The van der Waals surface area contributed by atoms with Crippen molar-refractivity contribution in [3.8, 4) is 0 Å². The molecular weight excluding hydrogens is 310 g/mol. The third-order valence-corrected chi connectivity index (χ3v) is 5.04. The summed E-state index contributed by atoms with van der Waals surface area (Å²) >= 11 is 1.48. The lowest BCUT2D eigenvalue weighted by molar-refractivity contribution is 0.562. The second-order valence-corrected chi connectivity index (χ2v) is 7.57. The first-order valence-electron chi connectivity index (χ1n) is 6.65. The molecule has 2 heterocycles. The van der Waals surface area contributed by atoms with E-state index in [1.54, 1.807) is 10.9 Å². The molecule has 0 unspecified atom stereocenters. The lowest BCUT2D eigenvalue weighted by Gasteiger charge is -2.03. The number of likely N-dealkylation sites (N-methyl/N-ethyl adjacent to an activating group) is 1. The van der Waals surface area contributed by atoms with Crippen LogP contribution in [0, 0.1) is 6.92 Å². The number of nitrogens with zero attached hydrogens (tertiary/aromatic N) is 3. The fraction of sp³-hybridized carbons (Fsp3) is 0.500. The second-order valence-electron chi connectivity index (χ2n) is 4.48. The van der Waals surface area contributed by atoms with Crippen molar-refractivity contribution in [3.63, 3.8) is 0 Å². The van der Waals surface area contributed by atoms with Crippen molar-refractivity contribution in [3.05, 3.63) is 28.5 Å². The molecule has 0 radical (unpaired) electrons. The summed E-state index contributed by atoms with van der Waals surface area (Å²) in [4.78, 5) is 5.36. The molecule has 0 atom stereocenters. The fourth-order valence-corrected chi connectivity index (χ4v) is 3.46. The summed E-state index contributed by atoms with van der Waals surface area (Å²) in [7, 11) is -3.55. The SMILES string of the molecule is CCNCCn1cc(S(=O)(=O)NCc2ncc(C)s2)cn1. The van der Waals surface area contributed by atoms with Gasteiger partial charge in [-0.3, -0.25) is 4.68 Å². The average molecular weight is 329 g/mol. The van der Waals surface area contributed by atoms with Crippen molar-refractivity contribution >= 4 is 21.4 Å². The molecule has 0 aliphatic carbocycles. The highest BCUT2D eigenvalue weighted by atomic mass is 32.2.